The summed E-state index contributed by atoms with van der Waals surface area (Å²) in [5.41, 5.74) is 6.15. The summed E-state index contributed by atoms with van der Waals surface area (Å²) in [6, 6.07) is 16.2. The van der Waals surface area contributed by atoms with Crippen LogP contribution in [0.3, 0.4) is 0 Å². The molecule has 0 fully saturated rings. The van der Waals surface area contributed by atoms with Crippen molar-refractivity contribution in [2.24, 2.45) is 0 Å². The van der Waals surface area contributed by atoms with Crippen LogP contribution in [0.1, 0.15) is 42.6 Å². The van der Waals surface area contributed by atoms with E-state index < -0.39 is 11.8 Å². The van der Waals surface area contributed by atoms with Crippen LogP contribution < -0.4 is 26.2 Å². The van der Waals surface area contributed by atoms with E-state index in [2.05, 4.69) is 21.5 Å². The molecule has 2 rings (SSSR count). The van der Waals surface area contributed by atoms with Gasteiger partial charge in [0.25, 0.3) is 5.91 Å². The summed E-state index contributed by atoms with van der Waals surface area (Å²) in [6.45, 7) is 4.18. The highest BCUT2D eigenvalue weighted by Crippen LogP contribution is 2.14. The molecule has 0 atom stereocenters. The number of rotatable bonds is 8. The molecule has 0 aromatic heterocycles. The standard InChI is InChI=1S/C22H26N4O4S/c1-15(2)30-18-10-6-9-17(13-18)21(29)24-22(31)26-25-20(28)12-11-19(27)23-14-16-7-4-3-5-8-16/h3-10,13,15H,11-12,14H2,1-2H3,(H,23,27)(H,25,28)(H2,24,26,29,31). The van der Waals surface area contributed by atoms with Crippen molar-refractivity contribution in [3.63, 3.8) is 0 Å². The number of ether oxygens (including phenoxy) is 1. The first-order valence-electron chi connectivity index (χ1n) is 9.81. The number of carbonyl (C=O) groups excluding carboxylic acids is 3. The van der Waals surface area contributed by atoms with Gasteiger partial charge < -0.3 is 10.1 Å². The molecule has 0 bridgehead atoms. The van der Waals surface area contributed by atoms with Crippen LogP contribution in [0.25, 0.3) is 0 Å². The molecule has 9 heteroatoms. The Balaban J connectivity index is 1.67. The Bertz CT molecular complexity index is 919. The summed E-state index contributed by atoms with van der Waals surface area (Å²) in [5, 5.41) is 5.15. The molecule has 164 valence electrons. The largest absolute Gasteiger partial charge is 0.491 e. The van der Waals surface area contributed by atoms with Crippen LogP contribution >= 0.6 is 12.2 Å². The highest BCUT2D eigenvalue weighted by molar-refractivity contribution is 7.80. The fourth-order valence-electron chi connectivity index (χ4n) is 2.49. The summed E-state index contributed by atoms with van der Waals surface area (Å²) < 4.78 is 5.56. The van der Waals surface area contributed by atoms with Crippen molar-refractivity contribution < 1.29 is 19.1 Å². The van der Waals surface area contributed by atoms with Gasteiger partial charge in [0.15, 0.2) is 5.11 Å². The highest BCUT2D eigenvalue weighted by Gasteiger charge is 2.11. The molecule has 0 radical (unpaired) electrons. The minimum absolute atomic E-state index is 0.0170. The Morgan fingerprint density at radius 2 is 1.65 bits per heavy atom. The Kier molecular flexibility index (Phi) is 9.44. The van der Waals surface area contributed by atoms with Crippen molar-refractivity contribution in [3.05, 3.63) is 65.7 Å². The summed E-state index contributed by atoms with van der Waals surface area (Å²) in [7, 11) is 0. The average molecular weight is 443 g/mol. The van der Waals surface area contributed by atoms with Crippen molar-refractivity contribution in [1.29, 1.82) is 0 Å². The molecule has 2 aromatic carbocycles. The fourth-order valence-corrected chi connectivity index (χ4v) is 2.63. The molecular formula is C22H26N4O4S. The predicted octanol–water partition coefficient (Wildman–Crippen LogP) is 2.21. The lowest BCUT2D eigenvalue weighted by Gasteiger charge is -2.12. The van der Waals surface area contributed by atoms with Gasteiger partial charge in [-0.1, -0.05) is 36.4 Å². The number of amides is 3. The molecule has 8 nitrogen and oxygen atoms in total. The van der Waals surface area contributed by atoms with E-state index in [1.807, 2.05) is 44.2 Å². The van der Waals surface area contributed by atoms with Gasteiger partial charge >= 0.3 is 0 Å². The number of hydrogen-bond donors (Lipinski definition) is 4. The van der Waals surface area contributed by atoms with Crippen LogP contribution in [0.15, 0.2) is 54.6 Å². The van der Waals surface area contributed by atoms with Crippen molar-refractivity contribution >= 4 is 35.1 Å². The zero-order chi connectivity index (χ0) is 22.6. The van der Waals surface area contributed by atoms with Crippen LogP contribution in [0.5, 0.6) is 5.75 Å². The smallest absolute Gasteiger partial charge is 0.257 e. The normalized spacial score (nSPS) is 10.2. The van der Waals surface area contributed by atoms with E-state index in [9.17, 15) is 14.4 Å². The van der Waals surface area contributed by atoms with Gasteiger partial charge in [0.05, 0.1) is 6.10 Å². The van der Waals surface area contributed by atoms with Crippen molar-refractivity contribution in [3.8, 4) is 5.75 Å². The van der Waals surface area contributed by atoms with E-state index in [0.29, 0.717) is 17.9 Å². The molecule has 0 saturated heterocycles. The molecule has 3 amide bonds. The van der Waals surface area contributed by atoms with Gasteiger partial charge in [-0.15, -0.1) is 0 Å². The third-order valence-corrected chi connectivity index (χ3v) is 4.13. The lowest BCUT2D eigenvalue weighted by atomic mass is 10.2. The second-order valence-electron chi connectivity index (χ2n) is 6.91. The number of nitrogens with one attached hydrogen (secondary N) is 4. The van der Waals surface area contributed by atoms with Gasteiger partial charge in [0.1, 0.15) is 5.75 Å². The molecule has 31 heavy (non-hydrogen) atoms. The zero-order valence-corrected chi connectivity index (χ0v) is 18.3. The van der Waals surface area contributed by atoms with Crippen molar-refractivity contribution in [1.82, 2.24) is 21.5 Å². The monoisotopic (exact) mass is 442 g/mol. The maximum atomic E-state index is 12.3. The molecule has 4 N–H and O–H groups in total. The van der Waals surface area contributed by atoms with Crippen LogP contribution in [-0.2, 0) is 16.1 Å². The third-order valence-electron chi connectivity index (χ3n) is 3.92. The number of thiocarbonyl (C=S) groups is 1. The van der Waals surface area contributed by atoms with Crippen LogP contribution in [0.4, 0.5) is 0 Å². The molecule has 0 aliphatic rings. The number of carbonyl (C=O) groups is 3. The number of hydrogen-bond acceptors (Lipinski definition) is 5. The second kappa shape index (κ2) is 12.3. The van der Waals surface area contributed by atoms with Gasteiger partial charge in [0.2, 0.25) is 11.8 Å². The predicted molar refractivity (Wildman–Crippen MR) is 121 cm³/mol. The molecule has 0 heterocycles. The van der Waals surface area contributed by atoms with Gasteiger partial charge in [-0.25, -0.2) is 0 Å². The Labute approximate surface area is 186 Å². The number of hydrazine groups is 1. The van der Waals surface area contributed by atoms with Crippen LogP contribution in [0, 0.1) is 0 Å². The van der Waals surface area contributed by atoms with Gasteiger partial charge in [-0.3, -0.25) is 30.6 Å². The minimum atomic E-state index is -0.443. The molecule has 0 unspecified atom stereocenters. The van der Waals surface area contributed by atoms with Crippen LogP contribution in [-0.4, -0.2) is 28.9 Å². The molecule has 0 aliphatic carbocycles. The molecule has 0 aliphatic heterocycles. The molecule has 0 spiro atoms. The maximum absolute atomic E-state index is 12.3. The summed E-state index contributed by atoms with van der Waals surface area (Å²) >= 11 is 5.01. The highest BCUT2D eigenvalue weighted by atomic mass is 32.1. The Morgan fingerprint density at radius 3 is 2.35 bits per heavy atom. The quantitative estimate of drug-likeness (QED) is 0.369. The number of benzene rings is 2. The molecular weight excluding hydrogens is 416 g/mol. The van der Waals surface area contributed by atoms with Gasteiger partial charge in [0, 0.05) is 24.9 Å². The first-order valence-corrected chi connectivity index (χ1v) is 10.2. The van der Waals surface area contributed by atoms with E-state index in [1.165, 1.54) is 0 Å². The van der Waals surface area contributed by atoms with Gasteiger partial charge in [-0.05, 0) is 49.8 Å². The Hall–Kier alpha value is -3.46. The van der Waals surface area contributed by atoms with Crippen LogP contribution in [0.2, 0.25) is 0 Å². The van der Waals surface area contributed by atoms with E-state index in [1.54, 1.807) is 24.3 Å². The topological polar surface area (TPSA) is 109 Å². The maximum Gasteiger partial charge on any atom is 0.257 e. The first-order chi connectivity index (χ1) is 14.8. The van der Waals surface area contributed by atoms with E-state index in [-0.39, 0.29) is 30.0 Å². The van der Waals surface area contributed by atoms with Crippen molar-refractivity contribution in [2.45, 2.75) is 39.3 Å². The first kappa shape index (κ1) is 23.8. The summed E-state index contributed by atoms with van der Waals surface area (Å²) in [6.07, 6.45) is -0.0161. The average Bonchev–Trinajstić information content (AvgIpc) is 2.75. The van der Waals surface area contributed by atoms with E-state index in [4.69, 9.17) is 17.0 Å². The summed E-state index contributed by atoms with van der Waals surface area (Å²) in [5.74, 6) is -0.543. The van der Waals surface area contributed by atoms with E-state index >= 15 is 0 Å². The molecule has 2 aromatic rings. The Morgan fingerprint density at radius 1 is 0.935 bits per heavy atom. The minimum Gasteiger partial charge on any atom is -0.491 e. The molecule has 0 saturated carbocycles. The SMILES string of the molecule is CC(C)Oc1cccc(C(=O)NC(=S)NNC(=O)CCC(=O)NCc2ccccc2)c1. The van der Waals surface area contributed by atoms with E-state index in [0.717, 1.165) is 5.56 Å². The summed E-state index contributed by atoms with van der Waals surface area (Å²) in [4.78, 5) is 36.0. The third kappa shape index (κ3) is 9.26. The lowest BCUT2D eigenvalue weighted by Crippen LogP contribution is -2.48. The fraction of sp³-hybridized carbons (Fsp3) is 0.273. The second-order valence-corrected chi connectivity index (χ2v) is 7.32. The van der Waals surface area contributed by atoms with Gasteiger partial charge in [-0.2, -0.15) is 0 Å². The zero-order valence-electron chi connectivity index (χ0n) is 17.4. The van der Waals surface area contributed by atoms with Crippen molar-refractivity contribution in [2.75, 3.05) is 0 Å². The lowest BCUT2D eigenvalue weighted by molar-refractivity contribution is -0.126.